The molecule has 0 radical (unpaired) electrons. The molecule has 0 spiro atoms. The lowest BCUT2D eigenvalue weighted by molar-refractivity contribution is 0.0984. The van der Waals surface area contributed by atoms with Gasteiger partial charge in [-0.2, -0.15) is 0 Å². The van der Waals surface area contributed by atoms with Crippen molar-refractivity contribution in [2.75, 3.05) is 11.5 Å². The van der Waals surface area contributed by atoms with E-state index >= 15 is 0 Å². The number of carbonyl (C=O) groups is 1. The fraction of sp³-hybridized carbons (Fsp3) is 0.269. The summed E-state index contributed by atoms with van der Waals surface area (Å²) >= 11 is 1.53. The van der Waals surface area contributed by atoms with Crippen molar-refractivity contribution < 1.29 is 9.53 Å². The molecule has 0 aliphatic heterocycles. The Kier molecular flexibility index (Phi) is 6.81. The van der Waals surface area contributed by atoms with Crippen molar-refractivity contribution in [3.8, 4) is 5.75 Å². The van der Waals surface area contributed by atoms with Gasteiger partial charge in [0.25, 0.3) is 5.91 Å². The summed E-state index contributed by atoms with van der Waals surface area (Å²) < 4.78 is 6.90. The molecule has 0 aliphatic carbocycles. The predicted molar refractivity (Wildman–Crippen MR) is 131 cm³/mol. The largest absolute Gasteiger partial charge is 0.494 e. The number of amides is 1. The molecular formula is C26H27N3O2S. The number of anilines is 1. The number of ether oxygens (including phenoxy) is 1. The molecule has 0 fully saturated rings. The number of carbonyl (C=O) groups excluding carboxylic acids is 1. The Morgan fingerprint density at radius 3 is 2.78 bits per heavy atom. The highest BCUT2D eigenvalue weighted by molar-refractivity contribution is 7.22. The third-order valence-electron chi connectivity index (χ3n) is 5.46. The highest BCUT2D eigenvalue weighted by Gasteiger charge is 2.23. The highest BCUT2D eigenvalue weighted by Crippen LogP contribution is 2.33. The molecule has 6 heteroatoms. The molecule has 4 rings (SSSR count). The van der Waals surface area contributed by atoms with Crippen LogP contribution in [0.5, 0.6) is 5.75 Å². The number of pyridine rings is 1. The van der Waals surface area contributed by atoms with Gasteiger partial charge in [-0.15, -0.1) is 0 Å². The molecule has 0 aliphatic rings. The third-order valence-corrected chi connectivity index (χ3v) is 6.50. The third kappa shape index (κ3) is 4.81. The molecule has 2 aromatic heterocycles. The topological polar surface area (TPSA) is 55.3 Å². The number of fused-ring (bicyclic) bond motifs is 1. The van der Waals surface area contributed by atoms with Gasteiger partial charge < -0.3 is 4.74 Å². The quantitative estimate of drug-likeness (QED) is 0.297. The van der Waals surface area contributed by atoms with Gasteiger partial charge in [-0.1, -0.05) is 42.9 Å². The van der Waals surface area contributed by atoms with Crippen LogP contribution in [-0.2, 0) is 6.54 Å². The minimum absolute atomic E-state index is 0.108. The van der Waals surface area contributed by atoms with Gasteiger partial charge in [-0.25, -0.2) is 4.98 Å². The SMILES string of the molecule is CCCCOc1cccc(C(=O)N(Cc2cccnc2)c2nc3c(C)c(C)ccc3s2)c1. The van der Waals surface area contributed by atoms with Crippen molar-refractivity contribution in [1.29, 1.82) is 0 Å². The summed E-state index contributed by atoms with van der Waals surface area (Å²) in [5, 5.41) is 0.680. The minimum atomic E-state index is -0.108. The standard InChI is InChI=1S/C26H27N3O2S/c1-4-5-14-31-22-10-6-9-21(15-22)25(30)29(17-20-8-7-13-27-16-20)26-28-24-19(3)18(2)11-12-23(24)32-26/h6-13,15-16H,4-5,14,17H2,1-3H3. The lowest BCUT2D eigenvalue weighted by atomic mass is 10.1. The maximum atomic E-state index is 13.7. The van der Waals surface area contributed by atoms with Crippen LogP contribution in [0.3, 0.4) is 0 Å². The van der Waals surface area contributed by atoms with Crippen LogP contribution in [0, 0.1) is 13.8 Å². The van der Waals surface area contributed by atoms with E-state index in [2.05, 4.69) is 37.9 Å². The molecule has 1 amide bonds. The first-order valence-corrected chi connectivity index (χ1v) is 11.7. The molecule has 0 bridgehead atoms. The Labute approximate surface area is 192 Å². The van der Waals surface area contributed by atoms with Gasteiger partial charge in [-0.05, 0) is 67.3 Å². The van der Waals surface area contributed by atoms with Gasteiger partial charge in [0.05, 0.1) is 23.4 Å². The Hall–Kier alpha value is -3.25. The normalized spacial score (nSPS) is 11.0. The molecule has 2 aromatic carbocycles. The summed E-state index contributed by atoms with van der Waals surface area (Å²) in [5.74, 6) is 0.602. The molecule has 2 heterocycles. The highest BCUT2D eigenvalue weighted by atomic mass is 32.1. The number of aromatic nitrogens is 2. The second kappa shape index (κ2) is 9.92. The minimum Gasteiger partial charge on any atom is -0.494 e. The van der Waals surface area contributed by atoms with E-state index < -0.39 is 0 Å². The van der Waals surface area contributed by atoms with Crippen molar-refractivity contribution in [3.05, 3.63) is 83.2 Å². The number of nitrogens with zero attached hydrogens (tertiary/aromatic N) is 3. The van der Waals surface area contributed by atoms with Crippen molar-refractivity contribution in [1.82, 2.24) is 9.97 Å². The zero-order valence-electron chi connectivity index (χ0n) is 18.7. The number of rotatable bonds is 8. The number of unbranched alkanes of at least 4 members (excludes halogenated alkanes) is 1. The average Bonchev–Trinajstić information content (AvgIpc) is 3.25. The molecule has 5 nitrogen and oxygen atoms in total. The summed E-state index contributed by atoms with van der Waals surface area (Å²) in [6.45, 7) is 7.32. The predicted octanol–water partition coefficient (Wildman–Crippen LogP) is 6.33. The second-order valence-corrected chi connectivity index (χ2v) is 8.84. The van der Waals surface area contributed by atoms with Crippen molar-refractivity contribution in [2.45, 2.75) is 40.2 Å². The summed E-state index contributed by atoms with van der Waals surface area (Å²) in [5.41, 5.74) is 4.81. The lowest BCUT2D eigenvalue weighted by Crippen LogP contribution is -2.30. The molecule has 164 valence electrons. The van der Waals surface area contributed by atoms with Crippen molar-refractivity contribution in [2.24, 2.45) is 0 Å². The summed E-state index contributed by atoms with van der Waals surface area (Å²) in [6.07, 6.45) is 5.56. The first-order valence-electron chi connectivity index (χ1n) is 10.9. The summed E-state index contributed by atoms with van der Waals surface area (Å²) in [7, 11) is 0. The average molecular weight is 446 g/mol. The second-order valence-electron chi connectivity index (χ2n) is 7.83. The van der Waals surface area contributed by atoms with Gasteiger partial charge in [-0.3, -0.25) is 14.7 Å². The van der Waals surface area contributed by atoms with Crippen molar-refractivity contribution in [3.63, 3.8) is 0 Å². The number of hydrogen-bond acceptors (Lipinski definition) is 5. The van der Waals surface area contributed by atoms with Crippen molar-refractivity contribution >= 4 is 32.6 Å². The van der Waals surface area contributed by atoms with E-state index in [4.69, 9.17) is 9.72 Å². The molecule has 0 unspecified atom stereocenters. The zero-order chi connectivity index (χ0) is 22.5. The van der Waals surface area contributed by atoms with Crippen LogP contribution in [0.4, 0.5) is 5.13 Å². The van der Waals surface area contributed by atoms with Crippen LogP contribution in [0.1, 0.15) is 46.8 Å². The maximum absolute atomic E-state index is 13.7. The number of hydrogen-bond donors (Lipinski definition) is 0. The van der Waals surface area contributed by atoms with Crippen LogP contribution >= 0.6 is 11.3 Å². The van der Waals surface area contributed by atoms with E-state index in [1.54, 1.807) is 17.3 Å². The zero-order valence-corrected chi connectivity index (χ0v) is 19.5. The molecule has 0 N–H and O–H groups in total. The molecule has 0 atom stereocenters. The first-order chi connectivity index (χ1) is 15.6. The first kappa shape index (κ1) is 22.0. The van der Waals surface area contributed by atoms with Gasteiger partial charge in [0, 0.05) is 18.0 Å². The monoisotopic (exact) mass is 445 g/mol. The van der Waals surface area contributed by atoms with E-state index in [9.17, 15) is 4.79 Å². The van der Waals surface area contributed by atoms with Gasteiger partial charge >= 0.3 is 0 Å². The number of thiazole rings is 1. The molecular weight excluding hydrogens is 418 g/mol. The van der Waals surface area contributed by atoms with E-state index in [1.807, 2.05) is 36.4 Å². The van der Waals surface area contributed by atoms with Crippen LogP contribution in [-0.4, -0.2) is 22.5 Å². The Morgan fingerprint density at radius 2 is 2.00 bits per heavy atom. The fourth-order valence-electron chi connectivity index (χ4n) is 3.44. The smallest absolute Gasteiger partial charge is 0.260 e. The van der Waals surface area contributed by atoms with Crippen LogP contribution in [0.25, 0.3) is 10.2 Å². The molecule has 0 saturated carbocycles. The van der Waals surface area contributed by atoms with Gasteiger partial charge in [0.15, 0.2) is 5.13 Å². The number of benzene rings is 2. The maximum Gasteiger partial charge on any atom is 0.260 e. The van der Waals surface area contributed by atoms with E-state index in [-0.39, 0.29) is 5.91 Å². The summed E-state index contributed by atoms with van der Waals surface area (Å²) in [4.78, 5) is 24.5. The molecule has 0 saturated heterocycles. The van der Waals surface area contributed by atoms with Crippen LogP contribution in [0.2, 0.25) is 0 Å². The van der Waals surface area contributed by atoms with E-state index in [0.717, 1.165) is 34.2 Å². The number of aryl methyl sites for hydroxylation is 2. The van der Waals surface area contributed by atoms with Crippen LogP contribution in [0.15, 0.2) is 60.9 Å². The van der Waals surface area contributed by atoms with E-state index in [1.165, 1.54) is 16.9 Å². The molecule has 32 heavy (non-hydrogen) atoms. The fourth-order valence-corrected chi connectivity index (χ4v) is 4.46. The summed E-state index contributed by atoms with van der Waals surface area (Å²) in [6, 6.07) is 15.4. The Balaban J connectivity index is 1.71. The molecule has 4 aromatic rings. The Bertz CT molecular complexity index is 1220. The van der Waals surface area contributed by atoms with E-state index in [0.29, 0.717) is 29.6 Å². The lowest BCUT2D eigenvalue weighted by Gasteiger charge is -2.20. The van der Waals surface area contributed by atoms with Crippen LogP contribution < -0.4 is 9.64 Å². The Morgan fingerprint density at radius 1 is 1.12 bits per heavy atom. The van der Waals surface area contributed by atoms with Gasteiger partial charge in [0.1, 0.15) is 5.75 Å². The van der Waals surface area contributed by atoms with Gasteiger partial charge in [0.2, 0.25) is 0 Å².